The van der Waals surface area contributed by atoms with Crippen LogP contribution in [0.4, 0.5) is 5.69 Å². The molecule has 0 bridgehead atoms. The molecular formula is C18H30N2O. The minimum atomic E-state index is 0.594. The topological polar surface area (TPSA) is 24.5 Å². The fraction of sp³-hybridized carbons (Fsp3) is 0.667. The number of benzene rings is 1. The molecule has 0 saturated carbocycles. The standard InChI is InChI=1S/C18H30N2O/c1-4-14-21-18-9-7-17(8-10-18)19-16-6-5-12-20(13-11-16)15(2)3/h7-10,15-16,19H,4-6,11-14H2,1-3H3. The van der Waals surface area contributed by atoms with Crippen LogP contribution >= 0.6 is 0 Å². The van der Waals surface area contributed by atoms with E-state index < -0.39 is 0 Å². The fourth-order valence-electron chi connectivity index (χ4n) is 2.88. The highest BCUT2D eigenvalue weighted by Crippen LogP contribution is 2.20. The van der Waals surface area contributed by atoms with E-state index in [1.807, 2.05) is 0 Å². The molecule has 0 aromatic heterocycles. The Balaban J connectivity index is 1.83. The number of hydrogen-bond acceptors (Lipinski definition) is 3. The summed E-state index contributed by atoms with van der Waals surface area (Å²) in [7, 11) is 0. The zero-order valence-electron chi connectivity index (χ0n) is 13.8. The minimum Gasteiger partial charge on any atom is -0.494 e. The smallest absolute Gasteiger partial charge is 0.119 e. The van der Waals surface area contributed by atoms with Gasteiger partial charge >= 0.3 is 0 Å². The first kappa shape index (κ1) is 16.2. The van der Waals surface area contributed by atoms with Crippen LogP contribution in [0.25, 0.3) is 0 Å². The molecule has 1 fully saturated rings. The van der Waals surface area contributed by atoms with Gasteiger partial charge in [0.05, 0.1) is 6.61 Å². The molecule has 1 aliphatic heterocycles. The van der Waals surface area contributed by atoms with E-state index in [1.54, 1.807) is 0 Å². The van der Waals surface area contributed by atoms with Crippen molar-refractivity contribution in [1.29, 1.82) is 0 Å². The SMILES string of the molecule is CCCOc1ccc(NC2CCCN(C(C)C)CC2)cc1. The summed E-state index contributed by atoms with van der Waals surface area (Å²) in [6, 6.07) is 9.66. The van der Waals surface area contributed by atoms with Crippen LogP contribution in [-0.2, 0) is 0 Å². The molecule has 21 heavy (non-hydrogen) atoms. The molecule has 1 aromatic rings. The van der Waals surface area contributed by atoms with Gasteiger partial charge in [0, 0.05) is 24.3 Å². The highest BCUT2D eigenvalue weighted by molar-refractivity contribution is 5.47. The first-order valence-corrected chi connectivity index (χ1v) is 8.42. The zero-order valence-corrected chi connectivity index (χ0v) is 13.8. The van der Waals surface area contributed by atoms with Gasteiger partial charge in [0.1, 0.15) is 5.75 Å². The van der Waals surface area contributed by atoms with Gasteiger partial charge in [-0.05, 0) is 70.3 Å². The van der Waals surface area contributed by atoms with Crippen LogP contribution in [0.15, 0.2) is 24.3 Å². The first-order valence-electron chi connectivity index (χ1n) is 8.42. The maximum atomic E-state index is 5.63. The summed E-state index contributed by atoms with van der Waals surface area (Å²) >= 11 is 0. The molecule has 118 valence electrons. The quantitative estimate of drug-likeness (QED) is 0.851. The second kappa shape index (κ2) is 8.28. The second-order valence-corrected chi connectivity index (χ2v) is 6.27. The number of nitrogens with one attached hydrogen (secondary N) is 1. The average molecular weight is 290 g/mol. The third-order valence-corrected chi connectivity index (χ3v) is 4.19. The van der Waals surface area contributed by atoms with Crippen molar-refractivity contribution in [1.82, 2.24) is 4.90 Å². The second-order valence-electron chi connectivity index (χ2n) is 6.27. The molecule has 3 nitrogen and oxygen atoms in total. The van der Waals surface area contributed by atoms with Crippen molar-refractivity contribution in [3.63, 3.8) is 0 Å². The summed E-state index contributed by atoms with van der Waals surface area (Å²) in [6.45, 7) is 9.95. The normalized spacial score (nSPS) is 20.3. The van der Waals surface area contributed by atoms with Crippen LogP contribution in [-0.4, -0.2) is 36.7 Å². The first-order chi connectivity index (χ1) is 10.2. The van der Waals surface area contributed by atoms with E-state index in [1.165, 1.54) is 38.0 Å². The lowest BCUT2D eigenvalue weighted by Gasteiger charge is -2.24. The number of likely N-dealkylation sites (tertiary alicyclic amines) is 1. The fourth-order valence-corrected chi connectivity index (χ4v) is 2.88. The molecule has 1 unspecified atom stereocenters. The molecule has 1 aromatic carbocycles. The lowest BCUT2D eigenvalue weighted by molar-refractivity contribution is 0.230. The molecule has 1 N–H and O–H groups in total. The van der Waals surface area contributed by atoms with Gasteiger partial charge in [-0.15, -0.1) is 0 Å². The molecule has 0 amide bonds. The van der Waals surface area contributed by atoms with Crippen molar-refractivity contribution < 1.29 is 4.74 Å². The molecule has 1 aliphatic rings. The van der Waals surface area contributed by atoms with Crippen LogP contribution in [0, 0.1) is 0 Å². The molecule has 3 heteroatoms. The van der Waals surface area contributed by atoms with Gasteiger partial charge in [-0.2, -0.15) is 0 Å². The number of hydrogen-bond donors (Lipinski definition) is 1. The lowest BCUT2D eigenvalue weighted by Crippen LogP contribution is -2.32. The van der Waals surface area contributed by atoms with Gasteiger partial charge in [0.15, 0.2) is 0 Å². The summed E-state index contributed by atoms with van der Waals surface area (Å²) in [5.41, 5.74) is 1.21. The Hall–Kier alpha value is -1.22. The van der Waals surface area contributed by atoms with Crippen LogP contribution in [0.5, 0.6) is 5.75 Å². The largest absolute Gasteiger partial charge is 0.494 e. The third kappa shape index (κ3) is 5.24. The predicted molar refractivity (Wildman–Crippen MR) is 90.2 cm³/mol. The highest BCUT2D eigenvalue weighted by atomic mass is 16.5. The summed E-state index contributed by atoms with van der Waals surface area (Å²) in [6.07, 6.45) is 4.82. The Morgan fingerprint density at radius 2 is 1.95 bits per heavy atom. The predicted octanol–water partition coefficient (Wildman–Crippen LogP) is 4.15. The van der Waals surface area contributed by atoms with Crippen LogP contribution in [0.3, 0.4) is 0 Å². The van der Waals surface area contributed by atoms with Crippen LogP contribution in [0.1, 0.15) is 46.5 Å². The Kier molecular flexibility index (Phi) is 6.37. The van der Waals surface area contributed by atoms with E-state index >= 15 is 0 Å². The van der Waals surface area contributed by atoms with Crippen LogP contribution < -0.4 is 10.1 Å². The summed E-state index contributed by atoms with van der Waals surface area (Å²) in [5, 5.41) is 3.68. The van der Waals surface area contributed by atoms with E-state index in [2.05, 4.69) is 55.3 Å². The maximum Gasteiger partial charge on any atom is 0.119 e. The van der Waals surface area contributed by atoms with Crippen molar-refractivity contribution in [2.45, 2.75) is 58.5 Å². The molecule has 1 atom stereocenters. The molecule has 0 spiro atoms. The summed E-state index contributed by atoms with van der Waals surface area (Å²) < 4.78 is 5.63. The summed E-state index contributed by atoms with van der Waals surface area (Å²) in [5.74, 6) is 0.967. The third-order valence-electron chi connectivity index (χ3n) is 4.19. The Labute approximate surface area is 129 Å². The minimum absolute atomic E-state index is 0.594. The van der Waals surface area contributed by atoms with Crippen LogP contribution in [0.2, 0.25) is 0 Å². The highest BCUT2D eigenvalue weighted by Gasteiger charge is 2.18. The Morgan fingerprint density at radius 3 is 2.62 bits per heavy atom. The van der Waals surface area contributed by atoms with Crippen molar-refractivity contribution in [2.24, 2.45) is 0 Å². The molecule has 1 heterocycles. The number of nitrogens with zero attached hydrogens (tertiary/aromatic N) is 1. The van der Waals surface area contributed by atoms with E-state index in [9.17, 15) is 0 Å². The molecule has 2 rings (SSSR count). The number of anilines is 1. The van der Waals surface area contributed by atoms with Crippen molar-refractivity contribution >= 4 is 5.69 Å². The molecular weight excluding hydrogens is 260 g/mol. The Morgan fingerprint density at radius 1 is 1.19 bits per heavy atom. The maximum absolute atomic E-state index is 5.63. The monoisotopic (exact) mass is 290 g/mol. The van der Waals surface area contributed by atoms with E-state index in [0.717, 1.165) is 18.8 Å². The van der Waals surface area contributed by atoms with Gasteiger partial charge < -0.3 is 15.0 Å². The molecule has 1 saturated heterocycles. The van der Waals surface area contributed by atoms with Gasteiger partial charge in [-0.25, -0.2) is 0 Å². The zero-order chi connectivity index (χ0) is 15.1. The Bertz CT molecular complexity index is 402. The van der Waals surface area contributed by atoms with Gasteiger partial charge in [0.2, 0.25) is 0 Å². The molecule has 0 aliphatic carbocycles. The van der Waals surface area contributed by atoms with Crippen molar-refractivity contribution in [3.8, 4) is 5.75 Å². The van der Waals surface area contributed by atoms with E-state index in [0.29, 0.717) is 12.1 Å². The van der Waals surface area contributed by atoms with Crippen molar-refractivity contribution in [3.05, 3.63) is 24.3 Å². The van der Waals surface area contributed by atoms with E-state index in [-0.39, 0.29) is 0 Å². The molecule has 0 radical (unpaired) electrons. The number of rotatable bonds is 6. The summed E-state index contributed by atoms with van der Waals surface area (Å²) in [4.78, 5) is 2.59. The van der Waals surface area contributed by atoms with E-state index in [4.69, 9.17) is 4.74 Å². The lowest BCUT2D eigenvalue weighted by atomic mass is 10.1. The number of ether oxygens (including phenoxy) is 1. The van der Waals surface area contributed by atoms with Gasteiger partial charge in [-0.1, -0.05) is 6.92 Å². The van der Waals surface area contributed by atoms with Gasteiger partial charge in [-0.3, -0.25) is 0 Å². The average Bonchev–Trinajstić information content (AvgIpc) is 2.72. The van der Waals surface area contributed by atoms with Gasteiger partial charge in [0.25, 0.3) is 0 Å². The van der Waals surface area contributed by atoms with Crippen molar-refractivity contribution in [2.75, 3.05) is 25.0 Å².